The molecule has 0 aliphatic rings. The number of hydrogen-bond donors (Lipinski definition) is 2. The van der Waals surface area contributed by atoms with E-state index in [1.165, 1.54) is 6.20 Å². The first kappa shape index (κ1) is 7.81. The summed E-state index contributed by atoms with van der Waals surface area (Å²) < 4.78 is 0. The van der Waals surface area contributed by atoms with Crippen LogP contribution in [0.25, 0.3) is 11.5 Å². The molecule has 13 heavy (non-hydrogen) atoms. The van der Waals surface area contributed by atoms with Crippen LogP contribution >= 0.6 is 0 Å². The predicted molar refractivity (Wildman–Crippen MR) is 43.3 cm³/mol. The summed E-state index contributed by atoms with van der Waals surface area (Å²) in [6, 6.07) is 1.64. The lowest BCUT2D eigenvalue weighted by molar-refractivity contribution is 0.277. The summed E-state index contributed by atoms with van der Waals surface area (Å²) in [6.07, 6.45) is 3.10. The zero-order valence-electron chi connectivity index (χ0n) is 6.68. The third-order valence-electron chi connectivity index (χ3n) is 1.52. The van der Waals surface area contributed by atoms with Gasteiger partial charge < -0.3 is 5.11 Å². The Morgan fingerprint density at radius 1 is 1.46 bits per heavy atom. The van der Waals surface area contributed by atoms with Crippen molar-refractivity contribution in [1.29, 1.82) is 0 Å². The molecule has 0 aliphatic carbocycles. The monoisotopic (exact) mass is 177 g/mol. The van der Waals surface area contributed by atoms with Gasteiger partial charge in [0, 0.05) is 6.20 Å². The van der Waals surface area contributed by atoms with Gasteiger partial charge in [0.1, 0.15) is 5.69 Å². The van der Waals surface area contributed by atoms with Crippen LogP contribution in [0.1, 0.15) is 5.69 Å². The lowest BCUT2D eigenvalue weighted by Crippen LogP contribution is -1.94. The van der Waals surface area contributed by atoms with E-state index in [4.69, 9.17) is 5.11 Å². The molecule has 0 bridgehead atoms. The maximum Gasteiger partial charge on any atom is 0.182 e. The first-order valence-corrected chi connectivity index (χ1v) is 3.69. The molecule has 0 aromatic carbocycles. The molecule has 2 aromatic heterocycles. The number of hydrogen-bond acceptors (Lipinski definition) is 5. The summed E-state index contributed by atoms with van der Waals surface area (Å²) in [7, 11) is 0. The second-order valence-electron chi connectivity index (χ2n) is 2.38. The third kappa shape index (κ3) is 1.52. The van der Waals surface area contributed by atoms with Gasteiger partial charge in [-0.1, -0.05) is 0 Å². The first-order chi connectivity index (χ1) is 6.40. The molecule has 2 heterocycles. The standard InChI is InChI=1S/C7H7N5O/c13-4-5-1-2-8-7(10-5)6-3-9-12-11-6/h1-3,13H,4H2,(H,9,11,12). The Balaban J connectivity index is 2.41. The Kier molecular flexibility index (Phi) is 1.97. The van der Waals surface area contributed by atoms with Gasteiger partial charge in [-0.15, -0.1) is 0 Å². The highest BCUT2D eigenvalue weighted by Crippen LogP contribution is 2.08. The summed E-state index contributed by atoms with van der Waals surface area (Å²) >= 11 is 0. The summed E-state index contributed by atoms with van der Waals surface area (Å²) in [5.74, 6) is 0.459. The molecule has 66 valence electrons. The molecule has 6 heteroatoms. The van der Waals surface area contributed by atoms with Crippen molar-refractivity contribution in [1.82, 2.24) is 25.4 Å². The Morgan fingerprint density at radius 2 is 2.38 bits per heavy atom. The molecule has 2 aromatic rings. The van der Waals surface area contributed by atoms with Crippen LogP contribution in [0, 0.1) is 0 Å². The van der Waals surface area contributed by atoms with Crippen molar-refractivity contribution in [2.75, 3.05) is 0 Å². The van der Waals surface area contributed by atoms with E-state index in [0.717, 1.165) is 0 Å². The lowest BCUT2D eigenvalue weighted by atomic mass is 10.4. The number of nitrogens with zero attached hydrogens (tertiary/aromatic N) is 4. The topological polar surface area (TPSA) is 87.6 Å². The maximum absolute atomic E-state index is 8.83. The van der Waals surface area contributed by atoms with Crippen LogP contribution in [0.3, 0.4) is 0 Å². The van der Waals surface area contributed by atoms with Gasteiger partial charge in [0.15, 0.2) is 5.82 Å². The zero-order valence-corrected chi connectivity index (χ0v) is 6.68. The van der Waals surface area contributed by atoms with Crippen LogP contribution in [0.15, 0.2) is 18.5 Å². The van der Waals surface area contributed by atoms with Crippen molar-refractivity contribution in [2.45, 2.75) is 6.61 Å². The normalized spacial score (nSPS) is 10.2. The van der Waals surface area contributed by atoms with Gasteiger partial charge in [-0.3, -0.25) is 0 Å². The summed E-state index contributed by atoms with van der Waals surface area (Å²) in [4.78, 5) is 8.04. The summed E-state index contributed by atoms with van der Waals surface area (Å²) in [5, 5.41) is 18.7. The van der Waals surface area contributed by atoms with Gasteiger partial charge in [-0.05, 0) is 6.07 Å². The second kappa shape index (κ2) is 3.28. The van der Waals surface area contributed by atoms with Crippen LogP contribution in [-0.4, -0.2) is 30.5 Å². The molecule has 0 unspecified atom stereocenters. The molecule has 0 spiro atoms. The highest BCUT2D eigenvalue weighted by Gasteiger charge is 2.03. The molecule has 0 radical (unpaired) electrons. The second-order valence-corrected chi connectivity index (χ2v) is 2.38. The number of aliphatic hydroxyl groups excluding tert-OH is 1. The van der Waals surface area contributed by atoms with Crippen molar-refractivity contribution in [2.24, 2.45) is 0 Å². The number of nitrogens with one attached hydrogen (secondary N) is 1. The average Bonchev–Trinajstić information content (AvgIpc) is 2.71. The third-order valence-corrected chi connectivity index (χ3v) is 1.52. The van der Waals surface area contributed by atoms with Crippen LogP contribution in [0.4, 0.5) is 0 Å². The van der Waals surface area contributed by atoms with Crippen molar-refractivity contribution < 1.29 is 5.11 Å². The van der Waals surface area contributed by atoms with E-state index < -0.39 is 0 Å². The molecule has 0 saturated carbocycles. The van der Waals surface area contributed by atoms with Crippen molar-refractivity contribution in [3.8, 4) is 11.5 Å². The minimum atomic E-state index is -0.104. The molecule has 2 rings (SSSR count). The quantitative estimate of drug-likeness (QED) is 0.660. The molecule has 0 atom stereocenters. The van der Waals surface area contributed by atoms with Gasteiger partial charge in [-0.2, -0.15) is 15.4 Å². The van der Waals surface area contributed by atoms with E-state index in [-0.39, 0.29) is 6.61 Å². The number of H-pyrrole nitrogens is 1. The van der Waals surface area contributed by atoms with Crippen LogP contribution in [0.2, 0.25) is 0 Å². The molecule has 2 N–H and O–H groups in total. The molecular weight excluding hydrogens is 170 g/mol. The Morgan fingerprint density at radius 3 is 3.08 bits per heavy atom. The van der Waals surface area contributed by atoms with E-state index in [0.29, 0.717) is 17.2 Å². The Bertz CT molecular complexity index is 386. The van der Waals surface area contributed by atoms with Crippen LogP contribution in [0.5, 0.6) is 0 Å². The summed E-state index contributed by atoms with van der Waals surface area (Å²) in [6.45, 7) is -0.104. The Labute approximate surface area is 73.7 Å². The van der Waals surface area contributed by atoms with E-state index in [9.17, 15) is 0 Å². The smallest absolute Gasteiger partial charge is 0.182 e. The maximum atomic E-state index is 8.83. The van der Waals surface area contributed by atoms with Gasteiger partial charge in [0.05, 0.1) is 18.5 Å². The number of aromatic amines is 1. The first-order valence-electron chi connectivity index (χ1n) is 3.69. The fourth-order valence-corrected chi connectivity index (χ4v) is 0.917. The highest BCUT2D eigenvalue weighted by atomic mass is 16.3. The van der Waals surface area contributed by atoms with Crippen molar-refractivity contribution in [3.05, 3.63) is 24.2 Å². The van der Waals surface area contributed by atoms with Gasteiger partial charge in [-0.25, -0.2) is 9.97 Å². The van der Waals surface area contributed by atoms with Gasteiger partial charge in [0.2, 0.25) is 0 Å². The largest absolute Gasteiger partial charge is 0.390 e. The molecule has 0 saturated heterocycles. The summed E-state index contributed by atoms with van der Waals surface area (Å²) in [5.41, 5.74) is 1.13. The Hall–Kier alpha value is -1.82. The van der Waals surface area contributed by atoms with E-state index in [1.54, 1.807) is 12.3 Å². The van der Waals surface area contributed by atoms with Crippen molar-refractivity contribution >= 4 is 0 Å². The number of aliphatic hydroxyl groups is 1. The van der Waals surface area contributed by atoms with E-state index in [2.05, 4.69) is 25.4 Å². The molecular formula is C7H7N5O. The van der Waals surface area contributed by atoms with Crippen LogP contribution in [-0.2, 0) is 6.61 Å². The molecule has 0 fully saturated rings. The average molecular weight is 177 g/mol. The number of rotatable bonds is 2. The number of aromatic nitrogens is 5. The lowest BCUT2D eigenvalue weighted by Gasteiger charge is -1.96. The molecule has 0 amide bonds. The van der Waals surface area contributed by atoms with Gasteiger partial charge in [0.25, 0.3) is 0 Å². The van der Waals surface area contributed by atoms with E-state index in [1.807, 2.05) is 0 Å². The van der Waals surface area contributed by atoms with Crippen LogP contribution < -0.4 is 0 Å². The molecule has 6 nitrogen and oxygen atoms in total. The SMILES string of the molecule is OCc1ccnc(-c2cn[nH]n2)n1. The fourth-order valence-electron chi connectivity index (χ4n) is 0.917. The highest BCUT2D eigenvalue weighted by molar-refractivity contribution is 5.45. The predicted octanol–water partition coefficient (Wildman–Crippen LogP) is -0.246. The molecule has 0 aliphatic heterocycles. The van der Waals surface area contributed by atoms with Crippen molar-refractivity contribution in [3.63, 3.8) is 0 Å². The van der Waals surface area contributed by atoms with Gasteiger partial charge >= 0.3 is 0 Å². The zero-order chi connectivity index (χ0) is 9.10. The minimum absolute atomic E-state index is 0.104. The minimum Gasteiger partial charge on any atom is -0.390 e. The fraction of sp³-hybridized carbons (Fsp3) is 0.143. The van der Waals surface area contributed by atoms with E-state index >= 15 is 0 Å².